The van der Waals surface area contributed by atoms with Gasteiger partial charge in [0.25, 0.3) is 6.71 Å². The average molecular weight is 437 g/mol. The normalized spacial score (nSPS) is 12.7. The molecule has 3 heterocycles. The molecule has 0 bridgehead atoms. The van der Waals surface area contributed by atoms with E-state index in [2.05, 4.69) is 67.6 Å². The molecule has 5 aromatic rings. The summed E-state index contributed by atoms with van der Waals surface area (Å²) in [6.45, 7) is 2.16. The lowest BCUT2D eigenvalue weighted by atomic mass is 9.34. The number of benzene rings is 4. The molecule has 7 rings (SSSR count). The summed E-state index contributed by atoms with van der Waals surface area (Å²) in [5.74, 6) is 3.46. The van der Waals surface area contributed by atoms with Crippen LogP contribution in [-0.4, -0.2) is 11.7 Å². The van der Waals surface area contributed by atoms with E-state index in [9.17, 15) is 0 Å². The lowest BCUT2D eigenvalue weighted by Crippen LogP contribution is -2.57. The van der Waals surface area contributed by atoms with Crippen LogP contribution >= 0.6 is 0 Å². The van der Waals surface area contributed by atoms with Gasteiger partial charge in [-0.25, -0.2) is 0 Å². The Morgan fingerprint density at radius 3 is 2.24 bits per heavy atom. The van der Waals surface area contributed by atoms with Crippen LogP contribution in [0.2, 0.25) is 0 Å². The first kappa shape index (κ1) is 19.2. The third-order valence-corrected chi connectivity index (χ3v) is 6.80. The summed E-state index contributed by atoms with van der Waals surface area (Å²) < 4.78 is 12.8. The van der Waals surface area contributed by atoms with Crippen LogP contribution in [0.3, 0.4) is 0 Å². The monoisotopic (exact) mass is 437 g/mol. The number of rotatable bonds is 2. The van der Waals surface area contributed by atoms with Gasteiger partial charge < -0.3 is 9.47 Å². The number of aryl methyl sites for hydroxylation is 1. The second-order valence-electron chi connectivity index (χ2n) is 8.82. The Bertz CT molecular complexity index is 1580. The first-order valence-electron chi connectivity index (χ1n) is 11.5. The van der Waals surface area contributed by atoms with Crippen LogP contribution in [0, 0.1) is 6.92 Å². The van der Waals surface area contributed by atoms with Crippen molar-refractivity contribution in [3.05, 3.63) is 109 Å². The molecule has 0 amide bonds. The number of hydrogen-bond acceptors (Lipinski definition) is 3. The zero-order valence-corrected chi connectivity index (χ0v) is 18.7. The Morgan fingerprint density at radius 1 is 0.647 bits per heavy atom. The van der Waals surface area contributed by atoms with Gasteiger partial charge in [-0.3, -0.25) is 4.98 Å². The predicted octanol–water partition coefficient (Wildman–Crippen LogP) is 5.45. The van der Waals surface area contributed by atoms with E-state index in [1.165, 1.54) is 11.1 Å². The van der Waals surface area contributed by atoms with Crippen molar-refractivity contribution in [1.82, 2.24) is 4.98 Å². The molecule has 2 aliphatic heterocycles. The number of aromatic nitrogens is 1. The maximum absolute atomic E-state index is 6.58. The Labute approximate surface area is 198 Å². The lowest BCUT2D eigenvalue weighted by Gasteiger charge is -2.33. The summed E-state index contributed by atoms with van der Waals surface area (Å²) in [7, 11) is 0. The second-order valence-corrected chi connectivity index (χ2v) is 8.82. The highest BCUT2D eigenvalue weighted by Crippen LogP contribution is 2.39. The summed E-state index contributed by atoms with van der Waals surface area (Å²) in [6, 6.07) is 33.3. The molecule has 1 aromatic heterocycles. The molecule has 2 aliphatic rings. The Morgan fingerprint density at radius 2 is 1.35 bits per heavy atom. The van der Waals surface area contributed by atoms with Crippen molar-refractivity contribution < 1.29 is 9.47 Å². The molecule has 0 N–H and O–H groups in total. The van der Waals surface area contributed by atoms with Crippen molar-refractivity contribution >= 4 is 23.1 Å². The maximum Gasteiger partial charge on any atom is 0.260 e. The van der Waals surface area contributed by atoms with Crippen LogP contribution in [0.5, 0.6) is 23.0 Å². The van der Waals surface area contributed by atoms with Gasteiger partial charge in [0, 0.05) is 17.2 Å². The van der Waals surface area contributed by atoms with Crippen LogP contribution in [0.15, 0.2) is 103 Å². The van der Waals surface area contributed by atoms with Crippen LogP contribution in [0.4, 0.5) is 0 Å². The molecule has 0 unspecified atom stereocenters. The van der Waals surface area contributed by atoms with Crippen molar-refractivity contribution in [2.45, 2.75) is 6.92 Å². The fourth-order valence-electron chi connectivity index (χ4n) is 5.20. The Balaban J connectivity index is 1.44. The van der Waals surface area contributed by atoms with E-state index < -0.39 is 0 Å². The lowest BCUT2D eigenvalue weighted by molar-refractivity contribution is 0.465. The van der Waals surface area contributed by atoms with Crippen molar-refractivity contribution in [2.75, 3.05) is 0 Å². The predicted molar refractivity (Wildman–Crippen MR) is 138 cm³/mol. The van der Waals surface area contributed by atoms with Crippen LogP contribution in [-0.2, 0) is 0 Å². The quantitative estimate of drug-likeness (QED) is 0.337. The van der Waals surface area contributed by atoms with Gasteiger partial charge in [-0.1, -0.05) is 66.7 Å². The van der Waals surface area contributed by atoms with E-state index in [0.717, 1.165) is 56.2 Å². The zero-order chi connectivity index (χ0) is 22.6. The summed E-state index contributed by atoms with van der Waals surface area (Å²) in [6.07, 6.45) is 1.95. The molecular weight excluding hydrogens is 417 g/mol. The minimum Gasteiger partial charge on any atom is -0.458 e. The van der Waals surface area contributed by atoms with E-state index in [1.54, 1.807) is 0 Å². The highest BCUT2D eigenvalue weighted by molar-refractivity contribution is 6.98. The highest BCUT2D eigenvalue weighted by atomic mass is 16.5. The van der Waals surface area contributed by atoms with E-state index in [-0.39, 0.29) is 6.71 Å². The van der Waals surface area contributed by atoms with Gasteiger partial charge in [-0.05, 0) is 64.9 Å². The molecule has 0 spiro atoms. The molecular formula is C30H20BNO2. The molecule has 3 nitrogen and oxygen atoms in total. The van der Waals surface area contributed by atoms with E-state index >= 15 is 0 Å². The molecule has 34 heavy (non-hydrogen) atoms. The Kier molecular flexibility index (Phi) is 4.15. The average Bonchev–Trinajstić information content (AvgIpc) is 2.89. The second kappa shape index (κ2) is 7.36. The fourth-order valence-corrected chi connectivity index (χ4v) is 5.20. The molecule has 0 radical (unpaired) electrons. The zero-order valence-electron chi connectivity index (χ0n) is 18.7. The number of nitrogens with zero attached hydrogens (tertiary/aromatic N) is 1. The molecule has 0 aliphatic carbocycles. The largest absolute Gasteiger partial charge is 0.458 e. The standard InChI is InChI=1S/C30H20BNO2/c1-19-18-32-25(17-22(19)20-9-3-2-4-10-20)21-11-7-13-24-30(21)34-28-16-8-15-27-29(28)31(24)23-12-5-6-14-26(23)33-27/h2-18H,1H3. The minimum atomic E-state index is 0.0545. The van der Waals surface area contributed by atoms with Gasteiger partial charge in [-0.2, -0.15) is 0 Å². The summed E-state index contributed by atoms with van der Waals surface area (Å²) >= 11 is 0. The maximum atomic E-state index is 6.58. The van der Waals surface area contributed by atoms with E-state index in [4.69, 9.17) is 14.5 Å². The number of para-hydroxylation sites is 2. The van der Waals surface area contributed by atoms with E-state index in [1.807, 2.05) is 42.6 Å². The third kappa shape index (κ3) is 2.82. The van der Waals surface area contributed by atoms with Crippen molar-refractivity contribution in [3.63, 3.8) is 0 Å². The van der Waals surface area contributed by atoms with Crippen LogP contribution in [0.1, 0.15) is 5.56 Å². The van der Waals surface area contributed by atoms with Crippen LogP contribution in [0.25, 0.3) is 22.4 Å². The summed E-state index contributed by atoms with van der Waals surface area (Å²) in [5.41, 5.74) is 8.79. The molecule has 4 heteroatoms. The van der Waals surface area contributed by atoms with Crippen molar-refractivity contribution in [3.8, 4) is 45.4 Å². The number of hydrogen-bond donors (Lipinski definition) is 0. The van der Waals surface area contributed by atoms with Gasteiger partial charge in [0.15, 0.2) is 0 Å². The molecule has 0 saturated heterocycles. The molecule has 0 saturated carbocycles. The smallest absolute Gasteiger partial charge is 0.260 e. The minimum absolute atomic E-state index is 0.0545. The summed E-state index contributed by atoms with van der Waals surface area (Å²) in [4.78, 5) is 4.82. The molecule has 4 aromatic carbocycles. The Hall–Kier alpha value is -4.31. The number of ether oxygens (including phenoxy) is 2. The number of fused-ring (bicyclic) bond motifs is 4. The fraction of sp³-hybridized carbons (Fsp3) is 0.0333. The van der Waals surface area contributed by atoms with Gasteiger partial charge in [-0.15, -0.1) is 0 Å². The summed E-state index contributed by atoms with van der Waals surface area (Å²) in [5, 5.41) is 0. The van der Waals surface area contributed by atoms with Gasteiger partial charge in [0.05, 0.1) is 5.69 Å². The molecule has 0 fully saturated rings. The van der Waals surface area contributed by atoms with E-state index in [0.29, 0.717) is 0 Å². The van der Waals surface area contributed by atoms with Crippen molar-refractivity contribution in [2.24, 2.45) is 0 Å². The highest BCUT2D eigenvalue weighted by Gasteiger charge is 2.40. The third-order valence-electron chi connectivity index (χ3n) is 6.80. The number of pyridine rings is 1. The molecule has 160 valence electrons. The topological polar surface area (TPSA) is 31.4 Å². The first-order chi connectivity index (χ1) is 16.8. The van der Waals surface area contributed by atoms with Gasteiger partial charge in [0.2, 0.25) is 0 Å². The molecule has 0 atom stereocenters. The van der Waals surface area contributed by atoms with Gasteiger partial charge in [0.1, 0.15) is 23.0 Å². The SMILES string of the molecule is Cc1cnc(-c2cccc3c2Oc2cccc4c2B3c2ccccc2O4)cc1-c1ccccc1. The van der Waals surface area contributed by atoms with Crippen LogP contribution < -0.4 is 25.9 Å². The van der Waals surface area contributed by atoms with Gasteiger partial charge >= 0.3 is 0 Å². The van der Waals surface area contributed by atoms with Crippen molar-refractivity contribution in [1.29, 1.82) is 0 Å². The first-order valence-corrected chi connectivity index (χ1v) is 11.5.